The summed E-state index contributed by atoms with van der Waals surface area (Å²) in [5.74, 6) is 0.438. The van der Waals surface area contributed by atoms with E-state index >= 15 is 0 Å². The summed E-state index contributed by atoms with van der Waals surface area (Å²) in [6, 6.07) is 37.3. The molecule has 5 nitrogen and oxygen atoms in total. The zero-order chi connectivity index (χ0) is 27.7. The highest BCUT2D eigenvalue weighted by atomic mass is 15.0. The predicted octanol–water partition coefficient (Wildman–Crippen LogP) is 7.63. The summed E-state index contributed by atoms with van der Waals surface area (Å²) < 4.78 is 0. The first-order valence-corrected chi connectivity index (χ1v) is 13.0. The smallest absolute Gasteiger partial charge is 0.175 e. The standard InChI is InChI=1S/C35H29N5/c1-2-3-10-32(36)35(40-34(37)33-11-6-7-22-38-33)39-24-25-12-14-27(15-13-25)28-16-18-29(19-17-28)31-21-20-26-8-4-5-9-30(26)23-31/h2-23,36H,1,24H2,(H2,37,39,40)/b10-3-,36-32?. The van der Waals surface area contributed by atoms with E-state index in [0.717, 1.165) is 16.7 Å². The molecular formula is C35H29N5. The number of hydrogen-bond acceptors (Lipinski definition) is 3. The first-order chi connectivity index (χ1) is 19.6. The van der Waals surface area contributed by atoms with Crippen LogP contribution in [-0.4, -0.2) is 22.4 Å². The van der Waals surface area contributed by atoms with E-state index in [0.29, 0.717) is 12.2 Å². The molecule has 0 saturated heterocycles. The average Bonchev–Trinajstić information content (AvgIpc) is 3.02. The van der Waals surface area contributed by atoms with Crippen LogP contribution in [0, 0.1) is 5.41 Å². The SMILES string of the molecule is C=C/C=C\C(=N)C(=NCc1ccc(-c2ccc(-c3ccc4ccccc4c3)cc2)cc1)N=C(N)c1ccccn1. The van der Waals surface area contributed by atoms with Crippen molar-refractivity contribution < 1.29 is 0 Å². The van der Waals surface area contributed by atoms with E-state index in [2.05, 4.69) is 100 Å². The normalized spacial score (nSPS) is 12.1. The third-order valence-electron chi connectivity index (χ3n) is 6.46. The zero-order valence-corrected chi connectivity index (χ0v) is 22.0. The number of rotatable bonds is 8. The first-order valence-electron chi connectivity index (χ1n) is 13.0. The van der Waals surface area contributed by atoms with Crippen molar-refractivity contribution in [2.45, 2.75) is 6.54 Å². The van der Waals surface area contributed by atoms with Crippen LogP contribution in [0.25, 0.3) is 33.0 Å². The fourth-order valence-corrected chi connectivity index (χ4v) is 4.30. The van der Waals surface area contributed by atoms with Crippen LogP contribution in [0.5, 0.6) is 0 Å². The van der Waals surface area contributed by atoms with Gasteiger partial charge in [-0.25, -0.2) is 4.99 Å². The van der Waals surface area contributed by atoms with Gasteiger partial charge in [0, 0.05) is 6.20 Å². The van der Waals surface area contributed by atoms with E-state index in [1.165, 1.54) is 21.9 Å². The van der Waals surface area contributed by atoms with Crippen LogP contribution < -0.4 is 5.73 Å². The fourth-order valence-electron chi connectivity index (χ4n) is 4.30. The lowest BCUT2D eigenvalue weighted by Crippen LogP contribution is -2.20. The Labute approximate surface area is 234 Å². The van der Waals surface area contributed by atoms with Gasteiger partial charge in [-0.15, -0.1) is 0 Å². The summed E-state index contributed by atoms with van der Waals surface area (Å²) in [5, 5.41) is 10.9. The van der Waals surface area contributed by atoms with E-state index in [-0.39, 0.29) is 17.4 Å². The molecule has 0 amide bonds. The zero-order valence-electron chi connectivity index (χ0n) is 22.0. The van der Waals surface area contributed by atoms with Crippen LogP contribution in [0.1, 0.15) is 11.3 Å². The van der Waals surface area contributed by atoms with Crippen molar-refractivity contribution in [3.63, 3.8) is 0 Å². The molecule has 0 spiro atoms. The second-order valence-electron chi connectivity index (χ2n) is 9.20. The molecule has 0 unspecified atom stereocenters. The number of pyridine rings is 1. The maximum atomic E-state index is 8.39. The van der Waals surface area contributed by atoms with Crippen LogP contribution in [0.15, 0.2) is 150 Å². The number of hydrogen-bond donors (Lipinski definition) is 2. The molecule has 5 aromatic rings. The maximum absolute atomic E-state index is 8.39. The Morgan fingerprint density at radius 2 is 1.40 bits per heavy atom. The number of nitrogens with one attached hydrogen (secondary N) is 1. The molecule has 0 saturated carbocycles. The van der Waals surface area contributed by atoms with Crippen molar-refractivity contribution in [3.05, 3.63) is 151 Å². The van der Waals surface area contributed by atoms with Crippen molar-refractivity contribution in [1.82, 2.24) is 4.98 Å². The van der Waals surface area contributed by atoms with Gasteiger partial charge in [0.05, 0.1) is 12.3 Å². The number of aliphatic imine (C=N–C) groups is 2. The molecule has 1 aromatic heterocycles. The minimum atomic E-state index is 0.141. The third-order valence-corrected chi connectivity index (χ3v) is 6.46. The van der Waals surface area contributed by atoms with Gasteiger partial charge in [-0.2, -0.15) is 0 Å². The van der Waals surface area contributed by atoms with Crippen LogP contribution in [0.3, 0.4) is 0 Å². The van der Waals surface area contributed by atoms with Crippen LogP contribution >= 0.6 is 0 Å². The molecule has 5 heteroatoms. The lowest BCUT2D eigenvalue weighted by atomic mass is 9.98. The molecule has 0 atom stereocenters. The molecule has 0 fully saturated rings. The van der Waals surface area contributed by atoms with Gasteiger partial charge < -0.3 is 5.73 Å². The van der Waals surface area contributed by atoms with Gasteiger partial charge in [-0.1, -0.05) is 110 Å². The molecule has 5 rings (SSSR count). The number of nitrogens with zero attached hydrogens (tertiary/aromatic N) is 3. The fraction of sp³-hybridized carbons (Fsp3) is 0.0286. The Morgan fingerprint density at radius 3 is 2.08 bits per heavy atom. The first kappa shape index (κ1) is 26.2. The molecule has 1 heterocycles. The summed E-state index contributed by atoms with van der Waals surface area (Å²) in [5.41, 5.74) is 12.5. The number of nitrogens with two attached hydrogens (primary N) is 1. The monoisotopic (exact) mass is 519 g/mol. The topological polar surface area (TPSA) is 87.5 Å². The Morgan fingerprint density at radius 1 is 0.775 bits per heavy atom. The van der Waals surface area contributed by atoms with Gasteiger partial charge >= 0.3 is 0 Å². The quantitative estimate of drug-likeness (QED) is 0.125. The highest BCUT2D eigenvalue weighted by Gasteiger charge is 2.07. The molecule has 3 N–H and O–H groups in total. The molecule has 0 aliphatic rings. The van der Waals surface area contributed by atoms with E-state index in [4.69, 9.17) is 11.1 Å². The van der Waals surface area contributed by atoms with Gasteiger partial charge in [-0.05, 0) is 62.9 Å². The highest BCUT2D eigenvalue weighted by molar-refractivity contribution is 6.46. The minimum Gasteiger partial charge on any atom is -0.382 e. The molecular weight excluding hydrogens is 490 g/mol. The second kappa shape index (κ2) is 12.4. The van der Waals surface area contributed by atoms with E-state index in [1.807, 2.05) is 24.3 Å². The lowest BCUT2D eigenvalue weighted by molar-refractivity contribution is 1.07. The van der Waals surface area contributed by atoms with E-state index in [9.17, 15) is 0 Å². The number of allylic oxidation sites excluding steroid dienone is 2. The second-order valence-corrected chi connectivity index (χ2v) is 9.20. The largest absolute Gasteiger partial charge is 0.382 e. The molecule has 0 bridgehead atoms. The van der Waals surface area contributed by atoms with Crippen molar-refractivity contribution in [2.75, 3.05) is 0 Å². The number of fused-ring (bicyclic) bond motifs is 1. The Hall–Kier alpha value is -5.42. The van der Waals surface area contributed by atoms with Gasteiger partial charge in [0.25, 0.3) is 0 Å². The molecule has 0 radical (unpaired) electrons. The van der Waals surface area contributed by atoms with E-state index in [1.54, 1.807) is 30.5 Å². The van der Waals surface area contributed by atoms with Gasteiger partial charge in [0.1, 0.15) is 5.69 Å². The summed E-state index contributed by atoms with van der Waals surface area (Å²) >= 11 is 0. The Kier molecular flexibility index (Phi) is 8.13. The third kappa shape index (κ3) is 6.34. The van der Waals surface area contributed by atoms with Crippen LogP contribution in [0.2, 0.25) is 0 Å². The van der Waals surface area contributed by atoms with Crippen LogP contribution in [-0.2, 0) is 6.54 Å². The van der Waals surface area contributed by atoms with Gasteiger partial charge in [0.2, 0.25) is 0 Å². The van der Waals surface area contributed by atoms with Gasteiger partial charge in [0.15, 0.2) is 11.7 Å². The lowest BCUT2D eigenvalue weighted by Gasteiger charge is -2.08. The number of aromatic nitrogens is 1. The molecule has 4 aromatic carbocycles. The number of benzene rings is 4. The molecule has 40 heavy (non-hydrogen) atoms. The van der Waals surface area contributed by atoms with E-state index < -0.39 is 0 Å². The van der Waals surface area contributed by atoms with Crippen molar-refractivity contribution in [3.8, 4) is 22.3 Å². The Bertz CT molecular complexity index is 1730. The molecule has 0 aliphatic heterocycles. The van der Waals surface area contributed by atoms with Crippen molar-refractivity contribution in [2.24, 2.45) is 15.7 Å². The Balaban J connectivity index is 1.32. The molecule has 0 aliphatic carbocycles. The summed E-state index contributed by atoms with van der Waals surface area (Å²) in [6.07, 6.45) is 6.51. The number of amidine groups is 2. The summed E-state index contributed by atoms with van der Waals surface area (Å²) in [4.78, 5) is 13.2. The highest BCUT2D eigenvalue weighted by Crippen LogP contribution is 2.27. The summed E-state index contributed by atoms with van der Waals surface area (Å²) in [7, 11) is 0. The maximum Gasteiger partial charge on any atom is 0.175 e. The van der Waals surface area contributed by atoms with Crippen molar-refractivity contribution >= 4 is 28.2 Å². The predicted molar refractivity (Wildman–Crippen MR) is 168 cm³/mol. The molecule has 194 valence electrons. The minimum absolute atomic E-state index is 0.141. The summed E-state index contributed by atoms with van der Waals surface area (Å²) in [6.45, 7) is 4.03. The van der Waals surface area contributed by atoms with Crippen LogP contribution in [0.4, 0.5) is 0 Å². The van der Waals surface area contributed by atoms with Crippen molar-refractivity contribution in [1.29, 1.82) is 5.41 Å². The van der Waals surface area contributed by atoms with Gasteiger partial charge in [-0.3, -0.25) is 15.4 Å². The average molecular weight is 520 g/mol.